The van der Waals surface area contributed by atoms with Gasteiger partial charge in [0.25, 0.3) is 0 Å². The Morgan fingerprint density at radius 2 is 2.05 bits per heavy atom. The van der Waals surface area contributed by atoms with Crippen LogP contribution in [0.15, 0.2) is 30.3 Å². The third-order valence-corrected chi connectivity index (χ3v) is 3.19. The van der Waals surface area contributed by atoms with Gasteiger partial charge in [0.15, 0.2) is 6.10 Å². The van der Waals surface area contributed by atoms with Crippen molar-refractivity contribution in [1.82, 2.24) is 0 Å². The first-order chi connectivity index (χ1) is 9.56. The van der Waals surface area contributed by atoms with Gasteiger partial charge in [-0.05, 0) is 42.0 Å². The predicted octanol–water partition coefficient (Wildman–Crippen LogP) is 3.10. The van der Waals surface area contributed by atoms with E-state index >= 15 is 0 Å². The van der Waals surface area contributed by atoms with Crippen molar-refractivity contribution in [2.75, 3.05) is 13.7 Å². The van der Waals surface area contributed by atoms with Crippen molar-refractivity contribution in [3.05, 3.63) is 40.9 Å². The van der Waals surface area contributed by atoms with Crippen LogP contribution in [0.25, 0.3) is 10.8 Å². The molecular formula is C15H15ClO4. The van der Waals surface area contributed by atoms with E-state index in [9.17, 15) is 9.90 Å². The summed E-state index contributed by atoms with van der Waals surface area (Å²) in [4.78, 5) is 11.7. The lowest BCUT2D eigenvalue weighted by atomic mass is 10.0. The first kappa shape index (κ1) is 14.6. The zero-order chi connectivity index (χ0) is 14.7. The summed E-state index contributed by atoms with van der Waals surface area (Å²) in [6.07, 6.45) is -1.38. The number of hydrogen-bond acceptors (Lipinski definition) is 4. The third-order valence-electron chi connectivity index (χ3n) is 2.96. The SMILES string of the molecule is CCOC(=O)C(O)c1cc2cc(Cl)ccc2cc1OC. The van der Waals surface area contributed by atoms with Crippen molar-refractivity contribution >= 4 is 28.3 Å². The molecule has 1 unspecified atom stereocenters. The zero-order valence-corrected chi connectivity index (χ0v) is 12.0. The molecule has 0 fully saturated rings. The van der Waals surface area contributed by atoms with Gasteiger partial charge in [-0.25, -0.2) is 4.79 Å². The van der Waals surface area contributed by atoms with Crippen LogP contribution in [-0.2, 0) is 9.53 Å². The lowest BCUT2D eigenvalue weighted by Gasteiger charge is -2.15. The summed E-state index contributed by atoms with van der Waals surface area (Å²) >= 11 is 5.95. The fourth-order valence-electron chi connectivity index (χ4n) is 2.00. The van der Waals surface area contributed by atoms with Crippen LogP contribution in [0.4, 0.5) is 0 Å². The van der Waals surface area contributed by atoms with Gasteiger partial charge < -0.3 is 14.6 Å². The molecule has 5 heteroatoms. The van der Waals surface area contributed by atoms with Crippen molar-refractivity contribution in [2.45, 2.75) is 13.0 Å². The number of aliphatic hydroxyl groups is 1. The summed E-state index contributed by atoms with van der Waals surface area (Å²) < 4.78 is 10.1. The molecule has 0 aromatic heterocycles. The molecule has 1 N–H and O–H groups in total. The number of benzene rings is 2. The molecule has 0 radical (unpaired) electrons. The molecule has 2 aromatic rings. The van der Waals surface area contributed by atoms with E-state index in [1.54, 1.807) is 31.2 Å². The third kappa shape index (κ3) is 2.86. The van der Waals surface area contributed by atoms with Gasteiger partial charge in [0.1, 0.15) is 5.75 Å². The van der Waals surface area contributed by atoms with Crippen LogP contribution in [0, 0.1) is 0 Å². The number of rotatable bonds is 4. The van der Waals surface area contributed by atoms with Crippen LogP contribution in [0.2, 0.25) is 5.02 Å². The minimum absolute atomic E-state index is 0.206. The summed E-state index contributed by atoms with van der Waals surface area (Å²) in [5, 5.41) is 12.4. The molecule has 2 rings (SSSR count). The average Bonchev–Trinajstić information content (AvgIpc) is 2.45. The Kier molecular flexibility index (Phi) is 4.47. The van der Waals surface area contributed by atoms with Crippen molar-refractivity contribution in [3.63, 3.8) is 0 Å². The molecule has 0 saturated heterocycles. The van der Waals surface area contributed by atoms with Gasteiger partial charge >= 0.3 is 5.97 Å². The number of halogens is 1. The van der Waals surface area contributed by atoms with E-state index < -0.39 is 12.1 Å². The van der Waals surface area contributed by atoms with Gasteiger partial charge in [-0.3, -0.25) is 0 Å². The van der Waals surface area contributed by atoms with E-state index in [0.29, 0.717) is 16.3 Å². The largest absolute Gasteiger partial charge is 0.496 e. The van der Waals surface area contributed by atoms with Crippen LogP contribution in [0.5, 0.6) is 5.75 Å². The minimum Gasteiger partial charge on any atom is -0.496 e. The van der Waals surface area contributed by atoms with Gasteiger partial charge in [0, 0.05) is 10.6 Å². The second-order valence-electron chi connectivity index (χ2n) is 4.24. The Morgan fingerprint density at radius 3 is 2.70 bits per heavy atom. The van der Waals surface area contributed by atoms with Crippen LogP contribution >= 0.6 is 11.6 Å². The second-order valence-corrected chi connectivity index (χ2v) is 4.68. The second kappa shape index (κ2) is 6.11. The van der Waals surface area contributed by atoms with E-state index in [2.05, 4.69) is 0 Å². The fraction of sp³-hybridized carbons (Fsp3) is 0.267. The number of carbonyl (C=O) groups excluding carboxylic acids is 1. The number of esters is 1. The number of aliphatic hydroxyl groups excluding tert-OH is 1. The Balaban J connectivity index is 2.52. The van der Waals surface area contributed by atoms with Crippen LogP contribution in [0.1, 0.15) is 18.6 Å². The molecular weight excluding hydrogens is 280 g/mol. The molecule has 0 aliphatic rings. The number of ether oxygens (including phenoxy) is 2. The quantitative estimate of drug-likeness (QED) is 0.880. The standard InChI is InChI=1S/C15H15ClO4/c1-3-20-15(18)14(17)12-7-10-6-11(16)5-4-9(10)8-13(12)19-2/h4-8,14,17H,3H2,1-2H3. The molecule has 106 valence electrons. The molecule has 1 atom stereocenters. The Morgan fingerprint density at radius 1 is 1.30 bits per heavy atom. The smallest absolute Gasteiger partial charge is 0.339 e. The highest BCUT2D eigenvalue weighted by molar-refractivity contribution is 6.31. The lowest BCUT2D eigenvalue weighted by molar-refractivity contribution is -0.153. The summed E-state index contributed by atoms with van der Waals surface area (Å²) in [7, 11) is 1.48. The molecule has 0 bridgehead atoms. The van der Waals surface area contributed by atoms with Gasteiger partial charge in [-0.15, -0.1) is 0 Å². The molecule has 0 amide bonds. The molecule has 20 heavy (non-hydrogen) atoms. The summed E-state index contributed by atoms with van der Waals surface area (Å²) in [5.74, 6) is -0.271. The first-order valence-corrected chi connectivity index (χ1v) is 6.56. The number of fused-ring (bicyclic) bond motifs is 1. The summed E-state index contributed by atoms with van der Waals surface area (Å²) in [6, 6.07) is 8.81. The molecule has 0 saturated carbocycles. The highest BCUT2D eigenvalue weighted by Crippen LogP contribution is 2.32. The van der Waals surface area contributed by atoms with Crippen LogP contribution in [-0.4, -0.2) is 24.8 Å². The maximum Gasteiger partial charge on any atom is 0.339 e. The predicted molar refractivity (Wildman–Crippen MR) is 77.1 cm³/mol. The van der Waals surface area contributed by atoms with Gasteiger partial charge in [-0.1, -0.05) is 17.7 Å². The maximum absolute atomic E-state index is 11.7. The van der Waals surface area contributed by atoms with Crippen molar-refractivity contribution in [1.29, 1.82) is 0 Å². The summed E-state index contributed by atoms with van der Waals surface area (Å²) in [5.41, 5.74) is 0.362. The maximum atomic E-state index is 11.7. The molecule has 0 aliphatic carbocycles. The normalized spacial score (nSPS) is 12.2. The molecule has 4 nitrogen and oxygen atoms in total. The highest BCUT2D eigenvalue weighted by Gasteiger charge is 2.23. The Bertz CT molecular complexity index is 639. The van der Waals surface area contributed by atoms with Gasteiger partial charge in [0.05, 0.1) is 13.7 Å². The monoisotopic (exact) mass is 294 g/mol. The molecule has 0 spiro atoms. The van der Waals surface area contributed by atoms with Crippen LogP contribution in [0.3, 0.4) is 0 Å². The van der Waals surface area contributed by atoms with Crippen molar-refractivity contribution in [2.24, 2.45) is 0 Å². The van der Waals surface area contributed by atoms with Crippen molar-refractivity contribution in [3.8, 4) is 5.75 Å². The first-order valence-electron chi connectivity index (χ1n) is 6.18. The number of methoxy groups -OCH3 is 1. The van der Waals surface area contributed by atoms with E-state index in [4.69, 9.17) is 21.1 Å². The van der Waals surface area contributed by atoms with E-state index in [0.717, 1.165) is 10.8 Å². The van der Waals surface area contributed by atoms with E-state index in [1.807, 2.05) is 6.07 Å². The summed E-state index contributed by atoms with van der Waals surface area (Å²) in [6.45, 7) is 1.89. The molecule has 0 heterocycles. The lowest BCUT2D eigenvalue weighted by Crippen LogP contribution is -2.16. The fourth-order valence-corrected chi connectivity index (χ4v) is 2.18. The number of carbonyl (C=O) groups is 1. The topological polar surface area (TPSA) is 55.8 Å². The Hall–Kier alpha value is -1.78. The van der Waals surface area contributed by atoms with Crippen LogP contribution < -0.4 is 4.74 Å². The van der Waals surface area contributed by atoms with Crippen molar-refractivity contribution < 1.29 is 19.4 Å². The van der Waals surface area contributed by atoms with E-state index in [1.165, 1.54) is 7.11 Å². The van der Waals surface area contributed by atoms with Gasteiger partial charge in [0.2, 0.25) is 0 Å². The van der Waals surface area contributed by atoms with Gasteiger partial charge in [-0.2, -0.15) is 0 Å². The number of hydrogen-bond donors (Lipinski definition) is 1. The highest BCUT2D eigenvalue weighted by atomic mass is 35.5. The molecule has 0 aliphatic heterocycles. The Labute approximate surface area is 121 Å². The molecule has 2 aromatic carbocycles. The zero-order valence-electron chi connectivity index (χ0n) is 11.2. The average molecular weight is 295 g/mol. The minimum atomic E-state index is -1.38. The van der Waals surface area contributed by atoms with E-state index in [-0.39, 0.29) is 6.61 Å².